The summed E-state index contributed by atoms with van der Waals surface area (Å²) in [5.74, 6) is -0.169. The van der Waals surface area contributed by atoms with Crippen LogP contribution < -0.4 is 10.1 Å². The van der Waals surface area contributed by atoms with Crippen LogP contribution in [0.4, 0.5) is 10.1 Å². The standard InChI is InChI=1S/C26H24FN3O3S/c1-33-22-13-9-19(10-14-22)16-29-23(15-24(31)28-21-5-3-2-4-6-21)25(32)30(26(29)34)17-18-7-11-20(27)12-8-18/h2-14,23H,15-17H2,1H3,(H,28,31). The zero-order valence-electron chi connectivity index (χ0n) is 18.6. The summed E-state index contributed by atoms with van der Waals surface area (Å²) in [6, 6.07) is 21.7. The maximum atomic E-state index is 13.4. The molecule has 2 amide bonds. The number of hydrogen-bond acceptors (Lipinski definition) is 4. The molecule has 1 unspecified atom stereocenters. The molecule has 0 spiro atoms. The van der Waals surface area contributed by atoms with Gasteiger partial charge in [0.15, 0.2) is 5.11 Å². The molecule has 1 heterocycles. The van der Waals surface area contributed by atoms with Gasteiger partial charge in [-0.2, -0.15) is 0 Å². The van der Waals surface area contributed by atoms with Gasteiger partial charge in [-0.3, -0.25) is 14.5 Å². The van der Waals surface area contributed by atoms with E-state index < -0.39 is 6.04 Å². The molecular formula is C26H24FN3O3S. The summed E-state index contributed by atoms with van der Waals surface area (Å²) in [5.41, 5.74) is 2.33. The zero-order valence-corrected chi connectivity index (χ0v) is 19.4. The first-order valence-corrected chi connectivity index (χ1v) is 11.2. The maximum Gasteiger partial charge on any atom is 0.252 e. The summed E-state index contributed by atoms with van der Waals surface area (Å²) in [7, 11) is 1.60. The number of para-hydroxylation sites is 1. The fourth-order valence-corrected chi connectivity index (χ4v) is 4.17. The SMILES string of the molecule is COc1ccc(CN2C(=S)N(Cc3ccc(F)cc3)C(=O)C2CC(=O)Nc2ccccc2)cc1. The number of thiocarbonyl (C=S) groups is 1. The molecule has 1 saturated heterocycles. The Kier molecular flexibility index (Phi) is 7.18. The number of ether oxygens (including phenoxy) is 1. The van der Waals surface area contributed by atoms with Crippen LogP contribution in [-0.4, -0.2) is 39.9 Å². The molecule has 3 aromatic carbocycles. The van der Waals surface area contributed by atoms with Crippen molar-refractivity contribution in [1.82, 2.24) is 9.80 Å². The molecule has 0 radical (unpaired) electrons. The first kappa shape index (κ1) is 23.4. The van der Waals surface area contributed by atoms with E-state index in [1.165, 1.54) is 17.0 Å². The predicted molar refractivity (Wildman–Crippen MR) is 132 cm³/mol. The molecule has 0 bridgehead atoms. The number of anilines is 1. The van der Waals surface area contributed by atoms with Gasteiger partial charge < -0.3 is 15.0 Å². The minimum Gasteiger partial charge on any atom is -0.497 e. The number of hydrogen-bond donors (Lipinski definition) is 1. The van der Waals surface area contributed by atoms with Crippen molar-refractivity contribution in [1.29, 1.82) is 0 Å². The second kappa shape index (κ2) is 10.4. The molecule has 1 atom stereocenters. The molecule has 3 aromatic rings. The highest BCUT2D eigenvalue weighted by atomic mass is 32.1. The van der Waals surface area contributed by atoms with E-state index in [2.05, 4.69) is 5.32 Å². The Balaban J connectivity index is 1.55. The lowest BCUT2D eigenvalue weighted by Gasteiger charge is -2.24. The van der Waals surface area contributed by atoms with Crippen LogP contribution in [0.25, 0.3) is 0 Å². The number of rotatable bonds is 8. The third-order valence-electron chi connectivity index (χ3n) is 5.61. The Morgan fingerprint density at radius 1 is 0.971 bits per heavy atom. The summed E-state index contributed by atoms with van der Waals surface area (Å²) in [4.78, 5) is 29.4. The topological polar surface area (TPSA) is 61.9 Å². The lowest BCUT2D eigenvalue weighted by atomic mass is 10.1. The number of amides is 2. The molecule has 8 heteroatoms. The molecule has 174 valence electrons. The largest absolute Gasteiger partial charge is 0.497 e. The molecule has 0 saturated carbocycles. The number of carbonyl (C=O) groups is 2. The molecule has 4 rings (SSSR count). The monoisotopic (exact) mass is 477 g/mol. The quantitative estimate of drug-likeness (QED) is 0.489. The molecule has 1 fully saturated rings. The van der Waals surface area contributed by atoms with Gasteiger partial charge in [0.1, 0.15) is 17.6 Å². The Hall–Kier alpha value is -3.78. The van der Waals surface area contributed by atoms with E-state index in [9.17, 15) is 14.0 Å². The van der Waals surface area contributed by atoms with Crippen molar-refractivity contribution in [3.8, 4) is 5.75 Å². The Labute approximate surface area is 202 Å². The van der Waals surface area contributed by atoms with Gasteiger partial charge in [-0.25, -0.2) is 4.39 Å². The number of nitrogens with zero attached hydrogens (tertiary/aromatic N) is 2. The molecule has 0 aliphatic carbocycles. The van der Waals surface area contributed by atoms with E-state index in [0.717, 1.165) is 16.9 Å². The fourth-order valence-electron chi connectivity index (χ4n) is 3.83. The van der Waals surface area contributed by atoms with Crippen molar-refractivity contribution in [3.05, 3.63) is 95.8 Å². The van der Waals surface area contributed by atoms with E-state index >= 15 is 0 Å². The van der Waals surface area contributed by atoms with Crippen molar-refractivity contribution in [3.63, 3.8) is 0 Å². The normalized spacial score (nSPS) is 15.5. The van der Waals surface area contributed by atoms with E-state index in [1.807, 2.05) is 42.5 Å². The van der Waals surface area contributed by atoms with Crippen LogP contribution in [0.1, 0.15) is 17.5 Å². The van der Waals surface area contributed by atoms with Crippen molar-refractivity contribution in [2.45, 2.75) is 25.6 Å². The summed E-state index contributed by atoms with van der Waals surface area (Å²) >= 11 is 5.67. The van der Waals surface area contributed by atoms with Crippen molar-refractivity contribution in [2.75, 3.05) is 12.4 Å². The highest BCUT2D eigenvalue weighted by Crippen LogP contribution is 2.26. The highest BCUT2D eigenvalue weighted by Gasteiger charge is 2.43. The lowest BCUT2D eigenvalue weighted by Crippen LogP contribution is -2.37. The van der Waals surface area contributed by atoms with Gasteiger partial charge in [0.2, 0.25) is 5.91 Å². The van der Waals surface area contributed by atoms with E-state index in [1.54, 1.807) is 36.3 Å². The van der Waals surface area contributed by atoms with Gasteiger partial charge in [-0.1, -0.05) is 42.5 Å². The minimum absolute atomic E-state index is 0.0516. The molecular weight excluding hydrogens is 453 g/mol. The molecule has 1 N–H and O–H groups in total. The molecule has 0 aromatic heterocycles. The Bertz CT molecular complexity index is 1170. The predicted octanol–water partition coefficient (Wildman–Crippen LogP) is 4.36. The molecule has 34 heavy (non-hydrogen) atoms. The van der Waals surface area contributed by atoms with Crippen LogP contribution in [0.3, 0.4) is 0 Å². The summed E-state index contributed by atoms with van der Waals surface area (Å²) in [5, 5.41) is 3.17. The zero-order chi connectivity index (χ0) is 24.1. The van der Waals surface area contributed by atoms with Crippen LogP contribution in [0, 0.1) is 5.82 Å². The average Bonchev–Trinajstić information content (AvgIpc) is 3.05. The third-order valence-corrected chi connectivity index (χ3v) is 6.06. The van der Waals surface area contributed by atoms with Crippen LogP contribution in [-0.2, 0) is 22.7 Å². The van der Waals surface area contributed by atoms with Gasteiger partial charge >= 0.3 is 0 Å². The van der Waals surface area contributed by atoms with Crippen LogP contribution >= 0.6 is 12.2 Å². The van der Waals surface area contributed by atoms with Crippen molar-refractivity contribution >= 4 is 34.8 Å². The summed E-state index contributed by atoms with van der Waals surface area (Å²) in [6.45, 7) is 0.561. The fraction of sp³-hybridized carbons (Fsp3) is 0.192. The van der Waals surface area contributed by atoms with Gasteiger partial charge in [0.05, 0.1) is 20.1 Å². The van der Waals surface area contributed by atoms with Gasteiger partial charge in [0.25, 0.3) is 5.91 Å². The number of benzene rings is 3. The van der Waals surface area contributed by atoms with Crippen LogP contribution in [0.15, 0.2) is 78.9 Å². The first-order chi connectivity index (χ1) is 16.4. The lowest BCUT2D eigenvalue weighted by molar-refractivity contribution is -0.131. The average molecular weight is 478 g/mol. The summed E-state index contributed by atoms with van der Waals surface area (Å²) < 4.78 is 18.5. The first-order valence-electron chi connectivity index (χ1n) is 10.8. The third kappa shape index (κ3) is 5.40. The van der Waals surface area contributed by atoms with Gasteiger partial charge in [-0.15, -0.1) is 0 Å². The number of carbonyl (C=O) groups excluding carboxylic acids is 2. The van der Waals surface area contributed by atoms with E-state index in [4.69, 9.17) is 17.0 Å². The maximum absolute atomic E-state index is 13.4. The van der Waals surface area contributed by atoms with Gasteiger partial charge in [-0.05, 0) is 59.7 Å². The highest BCUT2D eigenvalue weighted by molar-refractivity contribution is 7.80. The number of nitrogens with one attached hydrogen (secondary N) is 1. The Morgan fingerprint density at radius 3 is 2.24 bits per heavy atom. The van der Waals surface area contributed by atoms with Crippen molar-refractivity contribution < 1.29 is 18.7 Å². The van der Waals surface area contributed by atoms with E-state index in [-0.39, 0.29) is 30.6 Å². The summed E-state index contributed by atoms with van der Waals surface area (Å²) in [6.07, 6.45) is -0.0516. The number of methoxy groups -OCH3 is 1. The van der Waals surface area contributed by atoms with Crippen molar-refractivity contribution in [2.24, 2.45) is 0 Å². The van der Waals surface area contributed by atoms with Crippen LogP contribution in [0.2, 0.25) is 0 Å². The number of halogens is 1. The second-order valence-corrected chi connectivity index (χ2v) is 8.31. The Morgan fingerprint density at radius 2 is 1.59 bits per heavy atom. The molecule has 1 aliphatic rings. The molecule has 6 nitrogen and oxygen atoms in total. The van der Waals surface area contributed by atoms with E-state index in [0.29, 0.717) is 17.3 Å². The smallest absolute Gasteiger partial charge is 0.252 e. The second-order valence-electron chi connectivity index (χ2n) is 7.94. The minimum atomic E-state index is -0.751. The van der Waals surface area contributed by atoms with Crippen LogP contribution in [0.5, 0.6) is 5.75 Å². The molecule has 1 aliphatic heterocycles. The van der Waals surface area contributed by atoms with Gasteiger partial charge in [0, 0.05) is 12.2 Å².